The minimum atomic E-state index is -0.518. The van der Waals surface area contributed by atoms with Crippen LogP contribution in [0, 0.1) is 0 Å². The van der Waals surface area contributed by atoms with E-state index in [0.29, 0.717) is 18.3 Å². The van der Waals surface area contributed by atoms with Crippen molar-refractivity contribution in [3.63, 3.8) is 0 Å². The Morgan fingerprint density at radius 1 is 1.44 bits per heavy atom. The van der Waals surface area contributed by atoms with Gasteiger partial charge < -0.3 is 10.1 Å². The normalized spacial score (nSPS) is 16.1. The van der Waals surface area contributed by atoms with Crippen LogP contribution in [0.4, 0.5) is 9.93 Å². The summed E-state index contributed by atoms with van der Waals surface area (Å²) in [6.07, 6.45) is 1.15. The lowest BCUT2D eigenvalue weighted by atomic mass is 10.1. The van der Waals surface area contributed by atoms with E-state index in [4.69, 9.17) is 9.57 Å². The van der Waals surface area contributed by atoms with Crippen molar-refractivity contribution >= 4 is 22.6 Å². The van der Waals surface area contributed by atoms with E-state index in [-0.39, 0.29) is 12.6 Å². The fourth-order valence-corrected chi connectivity index (χ4v) is 3.40. The van der Waals surface area contributed by atoms with Crippen LogP contribution in [0.3, 0.4) is 0 Å². The monoisotopic (exact) mass is 360 g/mol. The number of aromatic nitrogens is 1. The number of carbonyl (C=O) groups is 1. The Morgan fingerprint density at radius 2 is 2.28 bits per heavy atom. The molecule has 1 aliphatic heterocycles. The van der Waals surface area contributed by atoms with Gasteiger partial charge in [-0.2, -0.15) is 5.48 Å². The number of hydrogen-bond donors (Lipinski definition) is 3. The van der Waals surface area contributed by atoms with E-state index in [1.54, 1.807) is 6.08 Å². The Balaban J connectivity index is 1.56. The zero-order valence-corrected chi connectivity index (χ0v) is 14.5. The van der Waals surface area contributed by atoms with Gasteiger partial charge in [0.05, 0.1) is 23.2 Å². The summed E-state index contributed by atoms with van der Waals surface area (Å²) in [6, 6.07) is 9.51. The summed E-state index contributed by atoms with van der Waals surface area (Å²) in [5.41, 5.74) is 4.82. The molecule has 8 heteroatoms. The number of hydroxylamine groups is 1. The lowest BCUT2D eigenvalue weighted by molar-refractivity contribution is 0.0333. The smallest absolute Gasteiger partial charge is 0.413 e. The molecule has 3 rings (SSSR count). The molecule has 0 saturated heterocycles. The van der Waals surface area contributed by atoms with Gasteiger partial charge >= 0.3 is 6.09 Å². The molecule has 0 aliphatic carbocycles. The largest absolute Gasteiger partial charge is 0.444 e. The average Bonchev–Trinajstić information content (AvgIpc) is 3.04. The number of thiazole rings is 1. The maximum atomic E-state index is 12.0. The van der Waals surface area contributed by atoms with Crippen LogP contribution in [0.5, 0.6) is 0 Å². The first kappa shape index (κ1) is 17.6. The highest BCUT2D eigenvalue weighted by atomic mass is 32.1. The minimum Gasteiger partial charge on any atom is -0.444 e. The number of nitrogens with zero attached hydrogens (tertiary/aromatic N) is 1. The molecule has 0 bridgehead atoms. The SMILES string of the molecule is C=CCONC1CNCc2nc(NC(=O)OCc3ccccc3)sc21. The molecule has 132 valence electrons. The number of carbonyl (C=O) groups excluding carboxylic acids is 1. The van der Waals surface area contributed by atoms with E-state index in [1.807, 2.05) is 30.3 Å². The van der Waals surface area contributed by atoms with Gasteiger partial charge in [0.25, 0.3) is 0 Å². The standard InChI is InChI=1S/C17H20N4O3S/c1-2-8-24-21-14-10-18-9-13-15(14)25-16(19-13)20-17(22)23-11-12-6-4-3-5-7-12/h2-7,14,18,21H,1,8-11H2,(H,19,20,22). The maximum absolute atomic E-state index is 12.0. The average molecular weight is 360 g/mol. The first-order chi connectivity index (χ1) is 12.3. The van der Waals surface area contributed by atoms with Crippen LogP contribution in [0.2, 0.25) is 0 Å². The Labute approximate surface area is 150 Å². The zero-order chi connectivity index (χ0) is 17.5. The number of nitrogens with one attached hydrogen (secondary N) is 3. The lowest BCUT2D eigenvalue weighted by Gasteiger charge is -2.22. The molecule has 1 aliphatic rings. The number of ether oxygens (including phenoxy) is 1. The molecule has 0 spiro atoms. The van der Waals surface area contributed by atoms with Gasteiger partial charge in [-0.3, -0.25) is 10.2 Å². The third kappa shape index (κ3) is 4.86. The van der Waals surface area contributed by atoms with Crippen LogP contribution in [0.1, 0.15) is 22.2 Å². The third-order valence-electron chi connectivity index (χ3n) is 3.53. The molecule has 2 heterocycles. The van der Waals surface area contributed by atoms with Crippen LogP contribution in [0.25, 0.3) is 0 Å². The summed E-state index contributed by atoms with van der Waals surface area (Å²) in [5.74, 6) is 0. The van der Waals surface area contributed by atoms with Gasteiger partial charge in [-0.25, -0.2) is 9.78 Å². The van der Waals surface area contributed by atoms with E-state index < -0.39 is 6.09 Å². The highest BCUT2D eigenvalue weighted by Gasteiger charge is 2.25. The molecule has 25 heavy (non-hydrogen) atoms. The molecule has 0 radical (unpaired) electrons. The van der Waals surface area contributed by atoms with Crippen molar-refractivity contribution in [2.45, 2.75) is 19.2 Å². The first-order valence-electron chi connectivity index (χ1n) is 7.92. The van der Waals surface area contributed by atoms with Gasteiger partial charge in [0.15, 0.2) is 5.13 Å². The van der Waals surface area contributed by atoms with Crippen molar-refractivity contribution < 1.29 is 14.4 Å². The van der Waals surface area contributed by atoms with Gasteiger partial charge in [-0.1, -0.05) is 47.7 Å². The second-order valence-electron chi connectivity index (χ2n) is 5.42. The van der Waals surface area contributed by atoms with E-state index in [0.717, 1.165) is 22.7 Å². The summed E-state index contributed by atoms with van der Waals surface area (Å²) < 4.78 is 5.22. The second kappa shape index (κ2) is 8.72. The number of fused-ring (bicyclic) bond motifs is 1. The van der Waals surface area contributed by atoms with Crippen LogP contribution >= 0.6 is 11.3 Å². The fourth-order valence-electron chi connectivity index (χ4n) is 2.39. The van der Waals surface area contributed by atoms with Crippen LogP contribution < -0.4 is 16.1 Å². The van der Waals surface area contributed by atoms with Crippen molar-refractivity contribution in [2.75, 3.05) is 18.5 Å². The summed E-state index contributed by atoms with van der Waals surface area (Å²) in [7, 11) is 0. The number of rotatable bonds is 7. The first-order valence-corrected chi connectivity index (χ1v) is 8.74. The third-order valence-corrected chi connectivity index (χ3v) is 4.66. The quantitative estimate of drug-likeness (QED) is 0.400. The van der Waals surface area contributed by atoms with Crippen LogP contribution in [0.15, 0.2) is 43.0 Å². The molecule has 1 aromatic carbocycles. The van der Waals surface area contributed by atoms with Crippen LogP contribution in [-0.4, -0.2) is 24.2 Å². The Bertz CT molecular complexity index is 720. The zero-order valence-electron chi connectivity index (χ0n) is 13.7. The summed E-state index contributed by atoms with van der Waals surface area (Å²) in [5, 5.41) is 6.47. The molecule has 1 aromatic heterocycles. The van der Waals surface area contributed by atoms with E-state index >= 15 is 0 Å². The molecular weight excluding hydrogens is 340 g/mol. The lowest BCUT2D eigenvalue weighted by Crippen LogP contribution is -2.35. The summed E-state index contributed by atoms with van der Waals surface area (Å²) in [6.45, 7) is 5.64. The molecule has 1 amide bonds. The molecule has 1 unspecified atom stereocenters. The van der Waals surface area contributed by atoms with Gasteiger partial charge in [-0.05, 0) is 5.56 Å². The highest BCUT2D eigenvalue weighted by molar-refractivity contribution is 7.16. The molecule has 2 aromatic rings. The Morgan fingerprint density at radius 3 is 3.08 bits per heavy atom. The maximum Gasteiger partial charge on any atom is 0.413 e. The van der Waals surface area contributed by atoms with Crippen molar-refractivity contribution in [1.82, 2.24) is 15.8 Å². The predicted molar refractivity (Wildman–Crippen MR) is 96.1 cm³/mol. The van der Waals surface area contributed by atoms with Crippen molar-refractivity contribution in [1.29, 1.82) is 0 Å². The number of benzene rings is 1. The molecule has 7 nitrogen and oxygen atoms in total. The fraction of sp³-hybridized carbons (Fsp3) is 0.294. The second-order valence-corrected chi connectivity index (χ2v) is 6.45. The van der Waals surface area contributed by atoms with E-state index in [9.17, 15) is 4.79 Å². The number of amides is 1. The Kier molecular flexibility index (Phi) is 6.13. The number of hydrogen-bond acceptors (Lipinski definition) is 7. The Hall–Kier alpha value is -2.26. The van der Waals surface area contributed by atoms with Gasteiger partial charge in [0, 0.05) is 13.1 Å². The molecule has 1 atom stereocenters. The number of anilines is 1. The van der Waals surface area contributed by atoms with Gasteiger partial charge in [0.2, 0.25) is 0 Å². The molecule has 0 fully saturated rings. The predicted octanol–water partition coefficient (Wildman–Crippen LogP) is 2.74. The van der Waals surface area contributed by atoms with E-state index in [2.05, 4.69) is 27.7 Å². The van der Waals surface area contributed by atoms with E-state index in [1.165, 1.54) is 11.3 Å². The minimum absolute atomic E-state index is 0.0166. The van der Waals surface area contributed by atoms with Crippen molar-refractivity contribution in [2.24, 2.45) is 0 Å². The summed E-state index contributed by atoms with van der Waals surface area (Å²) in [4.78, 5) is 22.8. The van der Waals surface area contributed by atoms with Gasteiger partial charge in [-0.15, -0.1) is 6.58 Å². The molecular formula is C17H20N4O3S. The highest BCUT2D eigenvalue weighted by Crippen LogP contribution is 2.31. The summed E-state index contributed by atoms with van der Waals surface area (Å²) >= 11 is 1.42. The molecule has 0 saturated carbocycles. The van der Waals surface area contributed by atoms with Crippen molar-refractivity contribution in [3.8, 4) is 0 Å². The van der Waals surface area contributed by atoms with Crippen LogP contribution in [-0.2, 0) is 22.7 Å². The van der Waals surface area contributed by atoms with Gasteiger partial charge in [0.1, 0.15) is 6.61 Å². The molecule has 3 N–H and O–H groups in total. The topological polar surface area (TPSA) is 84.5 Å². The van der Waals surface area contributed by atoms with Crippen molar-refractivity contribution in [3.05, 3.63) is 59.1 Å².